The van der Waals surface area contributed by atoms with Crippen LogP contribution in [-0.4, -0.2) is 38.3 Å². The Morgan fingerprint density at radius 2 is 1.96 bits per heavy atom. The van der Waals surface area contributed by atoms with Gasteiger partial charge in [-0.25, -0.2) is 9.67 Å². The first-order valence-corrected chi connectivity index (χ1v) is 7.83. The van der Waals surface area contributed by atoms with Gasteiger partial charge in [-0.3, -0.25) is 9.59 Å². The lowest BCUT2D eigenvalue weighted by molar-refractivity contribution is -0.143. The molecule has 7 heteroatoms. The van der Waals surface area contributed by atoms with Crippen molar-refractivity contribution in [2.24, 2.45) is 0 Å². The van der Waals surface area contributed by atoms with Crippen LogP contribution in [0.4, 0.5) is 0 Å². The second-order valence-electron chi connectivity index (χ2n) is 6.00. The number of nitrogens with one attached hydrogen (secondary N) is 1. The van der Waals surface area contributed by atoms with E-state index in [2.05, 4.69) is 15.4 Å². The van der Waals surface area contributed by atoms with Crippen LogP contribution in [0.1, 0.15) is 12.5 Å². The fourth-order valence-corrected chi connectivity index (χ4v) is 2.60. The second-order valence-corrected chi connectivity index (χ2v) is 6.00. The van der Waals surface area contributed by atoms with Crippen molar-refractivity contribution in [3.63, 3.8) is 0 Å². The van der Waals surface area contributed by atoms with Crippen molar-refractivity contribution >= 4 is 22.9 Å². The quantitative estimate of drug-likeness (QED) is 0.711. The third kappa shape index (κ3) is 3.35. The molecule has 1 aromatic carbocycles. The van der Waals surface area contributed by atoms with Gasteiger partial charge in [-0.15, -0.1) is 0 Å². The van der Waals surface area contributed by atoms with Gasteiger partial charge in [0.05, 0.1) is 6.20 Å². The fraction of sp³-hybridized carbons (Fsp3) is 0.222. The monoisotopic (exact) mass is 338 g/mol. The lowest BCUT2D eigenvalue weighted by Gasteiger charge is -2.25. The lowest BCUT2D eigenvalue weighted by atomic mass is 9.82. The zero-order valence-electron chi connectivity index (χ0n) is 13.7. The van der Waals surface area contributed by atoms with Crippen LogP contribution in [0.15, 0.2) is 54.9 Å². The van der Waals surface area contributed by atoms with Gasteiger partial charge >= 0.3 is 5.97 Å². The molecule has 2 N–H and O–H groups in total. The molecule has 1 atom stereocenters. The summed E-state index contributed by atoms with van der Waals surface area (Å²) in [5.74, 6) is -1.32. The second kappa shape index (κ2) is 6.72. The highest BCUT2D eigenvalue weighted by atomic mass is 16.4. The number of aliphatic carboxylic acids is 1. The maximum absolute atomic E-state index is 12.3. The van der Waals surface area contributed by atoms with E-state index >= 15 is 0 Å². The summed E-state index contributed by atoms with van der Waals surface area (Å²) in [6, 6.07) is 12.5. The number of carbonyl (C=O) groups excluding carboxylic acids is 1. The van der Waals surface area contributed by atoms with Crippen molar-refractivity contribution in [2.45, 2.75) is 18.9 Å². The lowest BCUT2D eigenvalue weighted by Crippen LogP contribution is -2.45. The first-order chi connectivity index (χ1) is 12.0. The predicted molar refractivity (Wildman–Crippen MR) is 92.0 cm³/mol. The summed E-state index contributed by atoms with van der Waals surface area (Å²) in [5.41, 5.74) is 0.0390. The predicted octanol–water partition coefficient (Wildman–Crippen LogP) is 1.59. The molecule has 0 saturated carbocycles. The van der Waals surface area contributed by atoms with E-state index < -0.39 is 11.4 Å². The van der Waals surface area contributed by atoms with E-state index in [1.165, 1.54) is 4.68 Å². The van der Waals surface area contributed by atoms with Gasteiger partial charge in [0.2, 0.25) is 5.91 Å². The molecule has 3 rings (SSSR count). The number of benzene rings is 1. The van der Waals surface area contributed by atoms with Crippen LogP contribution in [0, 0.1) is 0 Å². The summed E-state index contributed by atoms with van der Waals surface area (Å²) < 4.78 is 1.49. The number of amides is 1. The molecular weight excluding hydrogens is 320 g/mol. The van der Waals surface area contributed by atoms with Crippen molar-refractivity contribution < 1.29 is 14.7 Å². The average Bonchev–Trinajstić information content (AvgIpc) is 3.03. The fourth-order valence-electron chi connectivity index (χ4n) is 2.60. The number of hydrogen-bond acceptors (Lipinski definition) is 4. The normalized spacial score (nSPS) is 13.3. The zero-order valence-corrected chi connectivity index (χ0v) is 13.7. The molecule has 0 bridgehead atoms. The number of fused-ring (bicyclic) bond motifs is 1. The Morgan fingerprint density at radius 1 is 1.20 bits per heavy atom. The summed E-state index contributed by atoms with van der Waals surface area (Å²) in [5, 5.41) is 17.3. The highest BCUT2D eigenvalue weighted by Crippen LogP contribution is 2.23. The van der Waals surface area contributed by atoms with Crippen LogP contribution in [-0.2, 0) is 21.5 Å². The molecule has 7 nitrogen and oxygen atoms in total. The maximum atomic E-state index is 12.3. The molecule has 2 aromatic heterocycles. The van der Waals surface area contributed by atoms with Gasteiger partial charge in [0.25, 0.3) is 0 Å². The summed E-state index contributed by atoms with van der Waals surface area (Å²) in [6.45, 7) is 1.55. The number of rotatable bonds is 6. The maximum Gasteiger partial charge on any atom is 0.315 e. The van der Waals surface area contributed by atoms with E-state index in [0.717, 1.165) is 5.39 Å². The Kier molecular flexibility index (Phi) is 4.47. The minimum atomic E-state index is -1.21. The number of carbonyl (C=O) groups is 2. The van der Waals surface area contributed by atoms with E-state index in [9.17, 15) is 14.7 Å². The minimum absolute atomic E-state index is 0.0161. The molecule has 1 unspecified atom stereocenters. The minimum Gasteiger partial charge on any atom is -0.481 e. The molecule has 3 aromatic rings. The van der Waals surface area contributed by atoms with Crippen LogP contribution >= 0.6 is 0 Å². The Hall–Kier alpha value is -3.22. The van der Waals surface area contributed by atoms with Crippen LogP contribution in [0.3, 0.4) is 0 Å². The third-order valence-electron chi connectivity index (χ3n) is 4.21. The van der Waals surface area contributed by atoms with Crippen LogP contribution < -0.4 is 5.32 Å². The van der Waals surface area contributed by atoms with Crippen molar-refractivity contribution in [3.05, 3.63) is 60.4 Å². The number of carboxylic acids is 1. The topological polar surface area (TPSA) is 97.1 Å². The molecule has 2 heterocycles. The van der Waals surface area contributed by atoms with Gasteiger partial charge in [-0.1, -0.05) is 30.3 Å². The van der Waals surface area contributed by atoms with E-state index in [1.807, 2.05) is 12.1 Å². The number of carboxylic acid groups (broad SMARTS) is 1. The molecule has 0 aliphatic heterocycles. The SMILES string of the molecule is CC(CNC(=O)Cn1ncc2cccnc21)(C(=O)O)c1ccccc1. The zero-order chi connectivity index (χ0) is 17.9. The first kappa shape index (κ1) is 16.6. The molecule has 128 valence electrons. The molecule has 0 aliphatic rings. The van der Waals surface area contributed by atoms with Crippen molar-refractivity contribution in [3.8, 4) is 0 Å². The van der Waals surface area contributed by atoms with Gasteiger partial charge in [-0.05, 0) is 24.6 Å². The van der Waals surface area contributed by atoms with Gasteiger partial charge in [0.1, 0.15) is 12.0 Å². The van der Waals surface area contributed by atoms with Crippen LogP contribution in [0.5, 0.6) is 0 Å². The Bertz CT molecular complexity index is 907. The van der Waals surface area contributed by atoms with Crippen molar-refractivity contribution in [1.29, 1.82) is 0 Å². The average molecular weight is 338 g/mol. The molecule has 25 heavy (non-hydrogen) atoms. The Labute approximate surface area is 144 Å². The standard InChI is InChI=1S/C18H18N4O3/c1-18(17(24)25,14-7-3-2-4-8-14)12-20-15(23)11-22-16-13(10-21-22)6-5-9-19-16/h2-10H,11-12H2,1H3,(H,20,23)(H,24,25). The molecule has 0 aliphatic carbocycles. The Balaban J connectivity index is 1.71. The van der Waals surface area contributed by atoms with Gasteiger partial charge in [-0.2, -0.15) is 5.10 Å². The van der Waals surface area contributed by atoms with Gasteiger partial charge in [0, 0.05) is 18.1 Å². The summed E-state index contributed by atoms with van der Waals surface area (Å²) in [7, 11) is 0. The largest absolute Gasteiger partial charge is 0.481 e. The number of pyridine rings is 1. The van der Waals surface area contributed by atoms with E-state index in [4.69, 9.17) is 0 Å². The molecule has 0 radical (unpaired) electrons. The van der Waals surface area contributed by atoms with E-state index in [1.54, 1.807) is 49.6 Å². The van der Waals surface area contributed by atoms with E-state index in [0.29, 0.717) is 11.2 Å². The highest BCUT2D eigenvalue weighted by Gasteiger charge is 2.35. The number of nitrogens with zero attached hydrogens (tertiary/aromatic N) is 3. The van der Waals surface area contributed by atoms with E-state index in [-0.39, 0.29) is 19.0 Å². The summed E-state index contributed by atoms with van der Waals surface area (Å²) in [4.78, 5) is 28.2. The number of aromatic nitrogens is 3. The van der Waals surface area contributed by atoms with Crippen molar-refractivity contribution in [1.82, 2.24) is 20.1 Å². The van der Waals surface area contributed by atoms with Crippen molar-refractivity contribution in [2.75, 3.05) is 6.54 Å². The molecular formula is C18H18N4O3. The first-order valence-electron chi connectivity index (χ1n) is 7.83. The molecule has 1 amide bonds. The number of hydrogen-bond donors (Lipinski definition) is 2. The highest BCUT2D eigenvalue weighted by molar-refractivity contribution is 5.84. The summed E-state index contributed by atoms with van der Waals surface area (Å²) in [6.07, 6.45) is 3.27. The van der Waals surface area contributed by atoms with Gasteiger partial charge < -0.3 is 10.4 Å². The molecule has 0 spiro atoms. The van der Waals surface area contributed by atoms with Crippen LogP contribution in [0.2, 0.25) is 0 Å². The Morgan fingerprint density at radius 3 is 2.68 bits per heavy atom. The van der Waals surface area contributed by atoms with Crippen LogP contribution in [0.25, 0.3) is 11.0 Å². The summed E-state index contributed by atoms with van der Waals surface area (Å²) >= 11 is 0. The third-order valence-corrected chi connectivity index (χ3v) is 4.21. The smallest absolute Gasteiger partial charge is 0.315 e. The molecule has 0 fully saturated rings. The van der Waals surface area contributed by atoms with Gasteiger partial charge in [0.15, 0.2) is 5.65 Å². The molecule has 0 saturated heterocycles.